The summed E-state index contributed by atoms with van der Waals surface area (Å²) >= 11 is 0. The van der Waals surface area contributed by atoms with Crippen LogP contribution in [-0.4, -0.2) is 30.5 Å². The number of ketones is 1. The highest BCUT2D eigenvalue weighted by Gasteiger charge is 2.47. The highest BCUT2D eigenvalue weighted by Crippen LogP contribution is 2.44. The molecule has 1 unspecified atom stereocenters. The number of aliphatic hydroxyl groups is 1. The number of Topliss-reactive ketones (excluding diaryl/α,β-unsaturated/α-hetero) is 1. The first kappa shape index (κ1) is 25.0. The average Bonchev–Trinajstić information content (AvgIpc) is 3.14. The van der Waals surface area contributed by atoms with E-state index in [2.05, 4.69) is 13.8 Å². The van der Waals surface area contributed by atoms with Crippen molar-refractivity contribution in [3.63, 3.8) is 0 Å². The molecule has 0 aliphatic carbocycles. The maximum atomic E-state index is 13.4. The molecule has 1 amide bonds. The molecule has 0 bridgehead atoms. The third-order valence-electron chi connectivity index (χ3n) is 6.19. The van der Waals surface area contributed by atoms with Gasteiger partial charge in [0.25, 0.3) is 11.7 Å². The van der Waals surface area contributed by atoms with Crippen molar-refractivity contribution in [3.05, 3.63) is 94.6 Å². The van der Waals surface area contributed by atoms with Gasteiger partial charge in [-0.1, -0.05) is 38.1 Å². The lowest BCUT2D eigenvalue weighted by atomic mass is 9.94. The monoisotopic (exact) mass is 485 g/mol. The van der Waals surface area contributed by atoms with E-state index in [0.29, 0.717) is 40.8 Å². The van der Waals surface area contributed by atoms with Gasteiger partial charge in [-0.05, 0) is 78.9 Å². The second-order valence-electron chi connectivity index (χ2n) is 9.46. The van der Waals surface area contributed by atoms with Crippen molar-refractivity contribution < 1.29 is 24.2 Å². The SMILES string of the molecule is COc1cccc(C2/C(=C(\O)c3ccc(OCC(C)C)cc3)C(=O)C(=O)N2c2cc(C)ccc2C)c1. The van der Waals surface area contributed by atoms with Crippen molar-refractivity contribution in [1.29, 1.82) is 0 Å². The van der Waals surface area contributed by atoms with Crippen LogP contribution in [0.25, 0.3) is 5.76 Å². The summed E-state index contributed by atoms with van der Waals surface area (Å²) in [7, 11) is 1.56. The van der Waals surface area contributed by atoms with Gasteiger partial charge in [-0.15, -0.1) is 0 Å². The van der Waals surface area contributed by atoms with Crippen LogP contribution in [0.4, 0.5) is 5.69 Å². The Balaban J connectivity index is 1.87. The summed E-state index contributed by atoms with van der Waals surface area (Å²) in [6.45, 7) is 8.53. The highest BCUT2D eigenvalue weighted by molar-refractivity contribution is 6.51. The molecule has 1 fully saturated rings. The Bertz CT molecular complexity index is 1320. The number of benzene rings is 3. The minimum atomic E-state index is -0.822. The number of rotatable bonds is 7. The number of carbonyl (C=O) groups excluding carboxylic acids is 2. The molecule has 3 aromatic carbocycles. The molecule has 6 heteroatoms. The topological polar surface area (TPSA) is 76.1 Å². The molecule has 0 saturated carbocycles. The summed E-state index contributed by atoms with van der Waals surface area (Å²) in [4.78, 5) is 28.3. The number of anilines is 1. The Morgan fingerprint density at radius 1 is 0.972 bits per heavy atom. The van der Waals surface area contributed by atoms with Crippen molar-refractivity contribution >= 4 is 23.1 Å². The number of amides is 1. The van der Waals surface area contributed by atoms with Crippen LogP contribution in [0.15, 0.2) is 72.3 Å². The van der Waals surface area contributed by atoms with E-state index in [1.54, 1.807) is 49.6 Å². The number of ether oxygens (including phenoxy) is 2. The van der Waals surface area contributed by atoms with Crippen molar-refractivity contribution in [3.8, 4) is 11.5 Å². The van der Waals surface area contributed by atoms with Gasteiger partial charge < -0.3 is 14.6 Å². The molecule has 1 aliphatic heterocycles. The van der Waals surface area contributed by atoms with Gasteiger partial charge in [0.2, 0.25) is 0 Å². The minimum Gasteiger partial charge on any atom is -0.507 e. The van der Waals surface area contributed by atoms with Gasteiger partial charge in [-0.2, -0.15) is 0 Å². The van der Waals surface area contributed by atoms with E-state index in [-0.39, 0.29) is 11.3 Å². The molecule has 0 aromatic heterocycles. The molecule has 0 spiro atoms. The van der Waals surface area contributed by atoms with Gasteiger partial charge in [0, 0.05) is 11.3 Å². The quantitative estimate of drug-likeness (QED) is 0.253. The summed E-state index contributed by atoms with van der Waals surface area (Å²) in [5, 5.41) is 11.4. The average molecular weight is 486 g/mol. The lowest BCUT2D eigenvalue weighted by molar-refractivity contribution is -0.132. The minimum absolute atomic E-state index is 0.0324. The van der Waals surface area contributed by atoms with Crippen LogP contribution in [0, 0.1) is 19.8 Å². The first-order valence-electron chi connectivity index (χ1n) is 12.0. The van der Waals surface area contributed by atoms with Crippen LogP contribution < -0.4 is 14.4 Å². The molecular weight excluding hydrogens is 454 g/mol. The highest BCUT2D eigenvalue weighted by atomic mass is 16.5. The molecule has 0 radical (unpaired) electrons. The summed E-state index contributed by atoms with van der Waals surface area (Å²) in [6.07, 6.45) is 0. The molecule has 1 saturated heterocycles. The lowest BCUT2D eigenvalue weighted by Crippen LogP contribution is -2.30. The molecule has 36 heavy (non-hydrogen) atoms. The second-order valence-corrected chi connectivity index (χ2v) is 9.46. The van der Waals surface area contributed by atoms with Crippen molar-refractivity contribution in [2.24, 2.45) is 5.92 Å². The second kappa shape index (κ2) is 10.3. The van der Waals surface area contributed by atoms with Crippen molar-refractivity contribution in [1.82, 2.24) is 0 Å². The Hall–Kier alpha value is -4.06. The Morgan fingerprint density at radius 3 is 2.36 bits per heavy atom. The normalized spacial score (nSPS) is 17.1. The van der Waals surface area contributed by atoms with E-state index in [4.69, 9.17) is 9.47 Å². The maximum absolute atomic E-state index is 13.4. The molecule has 3 aromatic rings. The van der Waals surface area contributed by atoms with Gasteiger partial charge in [0.05, 0.1) is 25.3 Å². The van der Waals surface area contributed by atoms with Gasteiger partial charge in [-0.25, -0.2) is 0 Å². The molecule has 6 nitrogen and oxygen atoms in total. The van der Waals surface area contributed by atoms with Gasteiger partial charge in [0.15, 0.2) is 0 Å². The number of aryl methyl sites for hydroxylation is 2. The van der Waals surface area contributed by atoms with E-state index in [9.17, 15) is 14.7 Å². The van der Waals surface area contributed by atoms with Crippen LogP contribution in [0.5, 0.6) is 11.5 Å². The van der Waals surface area contributed by atoms with E-state index in [1.807, 2.05) is 38.1 Å². The molecule has 4 rings (SSSR count). The van der Waals surface area contributed by atoms with Crippen LogP contribution in [0.1, 0.15) is 42.1 Å². The van der Waals surface area contributed by atoms with E-state index in [0.717, 1.165) is 11.1 Å². The maximum Gasteiger partial charge on any atom is 0.300 e. The zero-order valence-corrected chi connectivity index (χ0v) is 21.2. The lowest BCUT2D eigenvalue weighted by Gasteiger charge is -2.27. The molecule has 1 aliphatic rings. The number of hydrogen-bond donors (Lipinski definition) is 1. The molecular formula is C30H31NO5. The molecule has 1 atom stereocenters. The van der Waals surface area contributed by atoms with E-state index in [1.165, 1.54) is 4.90 Å². The molecule has 1 heterocycles. The number of carbonyl (C=O) groups is 2. The zero-order chi connectivity index (χ0) is 26.0. The van der Waals surface area contributed by atoms with E-state index < -0.39 is 17.7 Å². The van der Waals surface area contributed by atoms with Gasteiger partial charge in [-0.3, -0.25) is 14.5 Å². The zero-order valence-electron chi connectivity index (χ0n) is 21.2. The van der Waals surface area contributed by atoms with Crippen molar-refractivity contribution in [2.45, 2.75) is 33.7 Å². The molecule has 1 N–H and O–H groups in total. The third kappa shape index (κ3) is 4.85. The summed E-state index contributed by atoms with van der Waals surface area (Å²) in [6, 6.07) is 19.0. The Kier molecular flexibility index (Phi) is 7.15. The smallest absolute Gasteiger partial charge is 0.300 e. The Morgan fingerprint density at radius 2 is 1.69 bits per heavy atom. The van der Waals surface area contributed by atoms with Crippen LogP contribution in [0.2, 0.25) is 0 Å². The number of hydrogen-bond acceptors (Lipinski definition) is 5. The Labute approximate surface area is 211 Å². The van der Waals surface area contributed by atoms with Crippen LogP contribution >= 0.6 is 0 Å². The predicted molar refractivity (Wildman–Crippen MR) is 140 cm³/mol. The summed E-state index contributed by atoms with van der Waals surface area (Å²) in [5.74, 6) is -0.0196. The largest absolute Gasteiger partial charge is 0.507 e. The third-order valence-corrected chi connectivity index (χ3v) is 6.19. The van der Waals surface area contributed by atoms with E-state index >= 15 is 0 Å². The fourth-order valence-corrected chi connectivity index (χ4v) is 4.31. The standard InChI is InChI=1S/C30H31NO5/c1-18(2)17-36-23-13-11-21(12-14-23)28(32)26-27(22-7-6-8-24(16-22)35-5)31(30(34)29(26)33)25-15-19(3)9-10-20(25)4/h6-16,18,27,32H,17H2,1-5H3/b28-26+. The van der Waals surface area contributed by atoms with Crippen molar-refractivity contribution in [2.75, 3.05) is 18.6 Å². The van der Waals surface area contributed by atoms with Crippen LogP contribution in [-0.2, 0) is 9.59 Å². The number of methoxy groups -OCH3 is 1. The summed E-state index contributed by atoms with van der Waals surface area (Å²) in [5.41, 5.74) is 3.55. The summed E-state index contributed by atoms with van der Waals surface area (Å²) < 4.78 is 11.1. The van der Waals surface area contributed by atoms with Gasteiger partial charge in [0.1, 0.15) is 17.3 Å². The first-order chi connectivity index (χ1) is 17.2. The number of aliphatic hydroxyl groups excluding tert-OH is 1. The molecule has 186 valence electrons. The van der Waals surface area contributed by atoms with Crippen LogP contribution in [0.3, 0.4) is 0 Å². The number of nitrogens with zero attached hydrogens (tertiary/aromatic N) is 1. The first-order valence-corrected chi connectivity index (χ1v) is 12.0. The fourth-order valence-electron chi connectivity index (χ4n) is 4.31. The van der Waals surface area contributed by atoms with Gasteiger partial charge >= 0.3 is 0 Å². The predicted octanol–water partition coefficient (Wildman–Crippen LogP) is 5.97. The fraction of sp³-hybridized carbons (Fsp3) is 0.267.